The van der Waals surface area contributed by atoms with Crippen molar-refractivity contribution in [2.75, 3.05) is 17.3 Å². The molecule has 2 saturated carbocycles. The van der Waals surface area contributed by atoms with Gasteiger partial charge in [-0.1, -0.05) is 13.0 Å². The number of carbonyl (C=O) groups excluding carboxylic acids is 2. The molecule has 3 aliphatic carbocycles. The molecule has 5 atom stereocenters. The van der Waals surface area contributed by atoms with Crippen LogP contribution >= 0.6 is 11.3 Å². The van der Waals surface area contributed by atoms with Crippen molar-refractivity contribution in [2.45, 2.75) is 64.7 Å². The number of Topliss-reactive ketones (excluding diaryl/α,β-unsaturated/α-hetero) is 1. The summed E-state index contributed by atoms with van der Waals surface area (Å²) in [6.45, 7) is 4.08. The van der Waals surface area contributed by atoms with Gasteiger partial charge in [0, 0.05) is 29.3 Å². The number of nitrogen functional groups attached to an aromatic ring is 1. The molecular weight excluding hydrogens is 498 g/mol. The molecule has 0 spiro atoms. The van der Waals surface area contributed by atoms with Gasteiger partial charge in [-0.25, -0.2) is 4.98 Å². The summed E-state index contributed by atoms with van der Waals surface area (Å²) in [5.74, 6) is 1.45. The molecule has 1 aromatic carbocycles. The highest BCUT2D eigenvalue weighted by atomic mass is 32.2. The fraction of sp³-hybridized carbons (Fsp3) is 0.577. The number of nitrogens with zero attached hydrogens (tertiary/aromatic N) is 1. The van der Waals surface area contributed by atoms with E-state index in [-0.39, 0.29) is 34.8 Å². The smallest absolute Gasteiger partial charge is 0.306 e. The van der Waals surface area contributed by atoms with Crippen molar-refractivity contribution < 1.29 is 22.2 Å². The minimum Gasteiger partial charge on any atom is -0.395 e. The molecule has 5 rings (SSSR count). The fourth-order valence-electron chi connectivity index (χ4n) is 7.14. The van der Waals surface area contributed by atoms with Gasteiger partial charge in [-0.15, -0.1) is 11.3 Å². The fourth-order valence-corrected chi connectivity index (χ4v) is 8.30. The number of nitrogens with two attached hydrogens (primary N) is 1. The Balaban J connectivity index is 1.36. The molecule has 1 heterocycles. The SMILES string of the molecule is Cc1cnc(NC(=O)CC[C@@H]2CC(=O)[C@@]3(C)CCC4c5ccc(OS(C)(=O)=O)c(N)c5CCC4C23)s1. The van der Waals surface area contributed by atoms with Crippen molar-refractivity contribution in [3.05, 3.63) is 34.3 Å². The Labute approximate surface area is 216 Å². The van der Waals surface area contributed by atoms with E-state index in [1.54, 1.807) is 12.3 Å². The van der Waals surface area contributed by atoms with Crippen LogP contribution in [0.15, 0.2) is 18.3 Å². The van der Waals surface area contributed by atoms with Crippen molar-refractivity contribution in [1.82, 2.24) is 4.98 Å². The normalized spacial score (nSPS) is 29.2. The van der Waals surface area contributed by atoms with Crippen LogP contribution in [0.1, 0.15) is 67.4 Å². The minimum atomic E-state index is -3.67. The summed E-state index contributed by atoms with van der Waals surface area (Å²) in [5.41, 5.74) is 8.55. The van der Waals surface area contributed by atoms with Crippen molar-refractivity contribution in [1.29, 1.82) is 0 Å². The standard InChI is InChI=1S/C26H33N3O5S2/c1-14-13-28-25(35-14)29-22(31)9-4-15-12-21(30)26(2)11-10-17-16-7-8-20(34-36(3,32)33)24(27)19(16)6-5-18(17)23(15)26/h7-8,13,15,17-18,23H,4-6,9-12,27H2,1-3H3,(H,28,29,31)/t15-,17?,18?,23?,26-/m1/s1. The number of benzene rings is 1. The molecular formula is C26H33N3O5S2. The molecule has 8 nitrogen and oxygen atoms in total. The van der Waals surface area contributed by atoms with E-state index >= 15 is 0 Å². The lowest BCUT2D eigenvalue weighted by atomic mass is 9.54. The third-order valence-corrected chi connectivity index (χ3v) is 9.92. The minimum absolute atomic E-state index is 0.0575. The van der Waals surface area contributed by atoms with E-state index in [9.17, 15) is 18.0 Å². The molecule has 10 heteroatoms. The van der Waals surface area contributed by atoms with E-state index in [0.29, 0.717) is 41.8 Å². The largest absolute Gasteiger partial charge is 0.395 e. The van der Waals surface area contributed by atoms with Crippen LogP contribution in [0.2, 0.25) is 0 Å². The van der Waals surface area contributed by atoms with Crippen LogP contribution in [0.4, 0.5) is 10.8 Å². The number of hydrogen-bond donors (Lipinski definition) is 2. The summed E-state index contributed by atoms with van der Waals surface area (Å²) >= 11 is 1.46. The lowest BCUT2D eigenvalue weighted by Gasteiger charge is -2.50. The summed E-state index contributed by atoms with van der Waals surface area (Å²) in [7, 11) is -3.67. The van der Waals surface area contributed by atoms with Crippen LogP contribution in [-0.4, -0.2) is 31.3 Å². The van der Waals surface area contributed by atoms with E-state index in [4.69, 9.17) is 9.92 Å². The van der Waals surface area contributed by atoms with Gasteiger partial charge >= 0.3 is 10.1 Å². The van der Waals surface area contributed by atoms with Gasteiger partial charge in [0.25, 0.3) is 0 Å². The Morgan fingerprint density at radius 1 is 1.33 bits per heavy atom. The number of amides is 1. The molecule has 0 saturated heterocycles. The van der Waals surface area contributed by atoms with Gasteiger partial charge < -0.3 is 15.2 Å². The first kappa shape index (κ1) is 25.2. The van der Waals surface area contributed by atoms with E-state index in [1.807, 2.05) is 13.0 Å². The predicted octanol–water partition coefficient (Wildman–Crippen LogP) is 4.44. The highest BCUT2D eigenvalue weighted by Gasteiger charge is 2.58. The quantitative estimate of drug-likeness (QED) is 0.416. The topological polar surface area (TPSA) is 128 Å². The molecule has 2 fully saturated rings. The third-order valence-electron chi connectivity index (χ3n) is 8.61. The van der Waals surface area contributed by atoms with Crippen molar-refractivity contribution in [3.8, 4) is 5.75 Å². The van der Waals surface area contributed by atoms with Crippen molar-refractivity contribution in [3.63, 3.8) is 0 Å². The second-order valence-corrected chi connectivity index (χ2v) is 13.7. The summed E-state index contributed by atoms with van der Waals surface area (Å²) in [6.07, 6.45) is 7.67. The number of ketones is 1. The molecule has 3 aliphatic rings. The number of fused-ring (bicyclic) bond motifs is 5. The molecule has 194 valence electrons. The third kappa shape index (κ3) is 4.53. The van der Waals surface area contributed by atoms with E-state index in [1.165, 1.54) is 11.3 Å². The van der Waals surface area contributed by atoms with Crippen LogP contribution in [0.3, 0.4) is 0 Å². The molecule has 36 heavy (non-hydrogen) atoms. The maximum Gasteiger partial charge on any atom is 0.306 e. The number of hydrogen-bond acceptors (Lipinski definition) is 8. The molecule has 1 aromatic heterocycles. The van der Waals surface area contributed by atoms with E-state index in [0.717, 1.165) is 47.9 Å². The Hall–Kier alpha value is -2.46. The van der Waals surface area contributed by atoms with Crippen LogP contribution in [0.5, 0.6) is 5.75 Å². The van der Waals surface area contributed by atoms with Gasteiger partial charge in [0.15, 0.2) is 10.9 Å². The molecule has 0 bridgehead atoms. The van der Waals surface area contributed by atoms with Crippen LogP contribution < -0.4 is 15.2 Å². The predicted molar refractivity (Wildman–Crippen MR) is 140 cm³/mol. The first-order chi connectivity index (χ1) is 17.0. The number of thiazole rings is 1. The first-order valence-electron chi connectivity index (χ1n) is 12.5. The Bertz CT molecular complexity index is 1320. The zero-order chi connectivity index (χ0) is 25.8. The van der Waals surface area contributed by atoms with Crippen LogP contribution in [0, 0.1) is 30.1 Å². The van der Waals surface area contributed by atoms with Gasteiger partial charge in [-0.05, 0) is 79.9 Å². The number of aromatic nitrogens is 1. The molecule has 0 aliphatic heterocycles. The number of rotatable bonds is 6. The van der Waals surface area contributed by atoms with E-state index in [2.05, 4.69) is 17.2 Å². The lowest BCUT2D eigenvalue weighted by molar-refractivity contribution is -0.129. The number of aryl methyl sites for hydroxylation is 1. The number of anilines is 2. The van der Waals surface area contributed by atoms with Crippen LogP contribution in [-0.2, 0) is 26.1 Å². The van der Waals surface area contributed by atoms with Gasteiger partial charge in [0.05, 0.1) is 11.9 Å². The molecule has 2 aromatic rings. The average molecular weight is 532 g/mol. The highest BCUT2D eigenvalue weighted by Crippen LogP contribution is 2.62. The van der Waals surface area contributed by atoms with Crippen molar-refractivity contribution in [2.24, 2.45) is 23.2 Å². The molecule has 0 radical (unpaired) electrons. The monoisotopic (exact) mass is 531 g/mol. The molecule has 3 N–H and O–H groups in total. The van der Waals surface area contributed by atoms with Gasteiger partial charge in [0.2, 0.25) is 5.91 Å². The average Bonchev–Trinajstić information content (AvgIpc) is 3.32. The summed E-state index contributed by atoms with van der Waals surface area (Å²) in [5, 5.41) is 3.51. The van der Waals surface area contributed by atoms with Gasteiger partial charge in [-0.2, -0.15) is 8.42 Å². The Morgan fingerprint density at radius 2 is 2.11 bits per heavy atom. The second-order valence-electron chi connectivity index (χ2n) is 10.9. The number of nitrogens with one attached hydrogen (secondary N) is 1. The maximum atomic E-state index is 13.2. The zero-order valence-corrected chi connectivity index (χ0v) is 22.5. The molecule has 3 unspecified atom stereocenters. The maximum absolute atomic E-state index is 13.2. The van der Waals surface area contributed by atoms with Crippen molar-refractivity contribution >= 4 is 44.0 Å². The summed E-state index contributed by atoms with van der Waals surface area (Å²) in [6, 6.07) is 3.62. The zero-order valence-electron chi connectivity index (χ0n) is 20.9. The lowest BCUT2D eigenvalue weighted by Crippen LogP contribution is -2.44. The van der Waals surface area contributed by atoms with Crippen LogP contribution in [0.25, 0.3) is 0 Å². The Kier molecular flexibility index (Phi) is 6.39. The number of carbonyl (C=O) groups is 2. The molecule has 1 amide bonds. The van der Waals surface area contributed by atoms with Gasteiger partial charge in [0.1, 0.15) is 5.78 Å². The Morgan fingerprint density at radius 3 is 2.81 bits per heavy atom. The van der Waals surface area contributed by atoms with Gasteiger partial charge in [-0.3, -0.25) is 9.59 Å². The second kappa shape index (κ2) is 9.13. The van der Waals surface area contributed by atoms with E-state index < -0.39 is 10.1 Å². The summed E-state index contributed by atoms with van der Waals surface area (Å²) < 4.78 is 28.4. The highest BCUT2D eigenvalue weighted by molar-refractivity contribution is 7.86. The first-order valence-corrected chi connectivity index (χ1v) is 15.2. The summed E-state index contributed by atoms with van der Waals surface area (Å²) in [4.78, 5) is 31.1.